The summed E-state index contributed by atoms with van der Waals surface area (Å²) in [5.74, 6) is 0.385. The van der Waals surface area contributed by atoms with E-state index in [1.54, 1.807) is 0 Å². The van der Waals surface area contributed by atoms with Gasteiger partial charge >= 0.3 is 0 Å². The molecule has 1 aliphatic rings. The average molecular weight is 314 g/mol. The highest BCUT2D eigenvalue weighted by molar-refractivity contribution is 5.86. The first-order valence-corrected chi connectivity index (χ1v) is 8.65. The van der Waals surface area contributed by atoms with Crippen LogP contribution in [0.25, 0.3) is 10.9 Å². The van der Waals surface area contributed by atoms with Gasteiger partial charge in [0.15, 0.2) is 0 Å². The number of carbonyl (C=O) groups excluding carboxylic acids is 1. The van der Waals surface area contributed by atoms with Crippen molar-refractivity contribution >= 4 is 16.8 Å². The van der Waals surface area contributed by atoms with Crippen LogP contribution < -0.4 is 5.32 Å². The Bertz CT molecular complexity index is 671. The van der Waals surface area contributed by atoms with E-state index in [9.17, 15) is 9.90 Å². The van der Waals surface area contributed by atoms with Gasteiger partial charge < -0.3 is 15.4 Å². The van der Waals surface area contributed by atoms with Crippen LogP contribution in [-0.2, 0) is 11.2 Å². The predicted molar refractivity (Wildman–Crippen MR) is 92.3 cm³/mol. The Kier molecular flexibility index (Phi) is 5.01. The Balaban J connectivity index is 1.49. The van der Waals surface area contributed by atoms with Gasteiger partial charge in [-0.3, -0.25) is 4.79 Å². The predicted octanol–water partition coefficient (Wildman–Crippen LogP) is 3.08. The number of para-hydroxylation sites is 1. The van der Waals surface area contributed by atoms with Crippen LogP contribution >= 0.6 is 0 Å². The molecule has 1 heterocycles. The van der Waals surface area contributed by atoms with Crippen molar-refractivity contribution in [3.8, 4) is 0 Å². The standard InChI is InChI=1S/C19H26N2O2/c1-13-5-4-8-16-15(11-21-19(13)16)9-10-18(23)20-12-17(22)14-6-2-3-7-14/h4-5,8,11,14,17,21-22H,2-3,6-7,9-10,12H2,1H3,(H,20,23). The average Bonchev–Trinajstić information content (AvgIpc) is 3.21. The minimum atomic E-state index is -0.391. The van der Waals surface area contributed by atoms with Crippen molar-refractivity contribution in [2.45, 2.75) is 51.6 Å². The first kappa shape index (κ1) is 16.1. The van der Waals surface area contributed by atoms with Crippen molar-refractivity contribution in [1.82, 2.24) is 10.3 Å². The number of hydrogen-bond donors (Lipinski definition) is 3. The summed E-state index contributed by atoms with van der Waals surface area (Å²) >= 11 is 0. The Morgan fingerprint density at radius 3 is 2.96 bits per heavy atom. The van der Waals surface area contributed by atoms with Gasteiger partial charge in [-0.15, -0.1) is 0 Å². The number of aliphatic hydroxyl groups excluding tert-OH is 1. The van der Waals surface area contributed by atoms with Crippen molar-refractivity contribution in [2.24, 2.45) is 5.92 Å². The number of aryl methyl sites for hydroxylation is 2. The van der Waals surface area contributed by atoms with E-state index < -0.39 is 6.10 Å². The molecule has 4 nitrogen and oxygen atoms in total. The highest BCUT2D eigenvalue weighted by atomic mass is 16.3. The molecule has 0 bridgehead atoms. The molecule has 1 aromatic carbocycles. The number of nitrogens with one attached hydrogen (secondary N) is 2. The van der Waals surface area contributed by atoms with Gasteiger partial charge in [0, 0.05) is 30.1 Å². The van der Waals surface area contributed by atoms with Crippen LogP contribution in [0.5, 0.6) is 0 Å². The summed E-state index contributed by atoms with van der Waals surface area (Å²) in [6.45, 7) is 2.47. The summed E-state index contributed by atoms with van der Waals surface area (Å²) in [5, 5.41) is 14.2. The van der Waals surface area contributed by atoms with E-state index >= 15 is 0 Å². The maximum Gasteiger partial charge on any atom is 0.220 e. The number of rotatable bonds is 6. The fourth-order valence-electron chi connectivity index (χ4n) is 3.63. The Morgan fingerprint density at radius 2 is 2.17 bits per heavy atom. The number of carbonyl (C=O) groups is 1. The lowest BCUT2D eigenvalue weighted by Gasteiger charge is -2.18. The van der Waals surface area contributed by atoms with E-state index in [4.69, 9.17) is 0 Å². The zero-order chi connectivity index (χ0) is 16.2. The third kappa shape index (κ3) is 3.75. The molecule has 1 fully saturated rings. The van der Waals surface area contributed by atoms with Gasteiger partial charge in [0.25, 0.3) is 0 Å². The summed E-state index contributed by atoms with van der Waals surface area (Å²) in [6, 6.07) is 6.22. The van der Waals surface area contributed by atoms with Gasteiger partial charge in [0.2, 0.25) is 5.91 Å². The largest absolute Gasteiger partial charge is 0.391 e. The zero-order valence-corrected chi connectivity index (χ0v) is 13.8. The number of amides is 1. The molecule has 1 aromatic heterocycles. The molecule has 2 aromatic rings. The number of fused-ring (bicyclic) bond motifs is 1. The molecule has 124 valence electrons. The van der Waals surface area contributed by atoms with Crippen LogP contribution in [0.4, 0.5) is 0 Å². The summed E-state index contributed by atoms with van der Waals surface area (Å²) < 4.78 is 0. The normalized spacial score (nSPS) is 16.8. The number of hydrogen-bond acceptors (Lipinski definition) is 2. The lowest BCUT2D eigenvalue weighted by molar-refractivity contribution is -0.121. The lowest BCUT2D eigenvalue weighted by Crippen LogP contribution is -2.35. The molecule has 4 heteroatoms. The molecule has 3 N–H and O–H groups in total. The molecule has 1 unspecified atom stereocenters. The maximum atomic E-state index is 12.0. The highest BCUT2D eigenvalue weighted by Crippen LogP contribution is 2.27. The van der Waals surface area contributed by atoms with Gasteiger partial charge in [-0.1, -0.05) is 31.0 Å². The molecule has 0 saturated heterocycles. The summed E-state index contributed by atoms with van der Waals surface area (Å²) in [4.78, 5) is 15.3. The summed E-state index contributed by atoms with van der Waals surface area (Å²) in [7, 11) is 0. The van der Waals surface area contributed by atoms with Crippen LogP contribution in [0.1, 0.15) is 43.2 Å². The third-order valence-electron chi connectivity index (χ3n) is 5.08. The van der Waals surface area contributed by atoms with Crippen LogP contribution in [0.15, 0.2) is 24.4 Å². The summed E-state index contributed by atoms with van der Waals surface area (Å²) in [5.41, 5.74) is 3.55. The smallest absolute Gasteiger partial charge is 0.220 e. The van der Waals surface area contributed by atoms with Crippen LogP contribution in [0, 0.1) is 12.8 Å². The van der Waals surface area contributed by atoms with Crippen molar-refractivity contribution in [2.75, 3.05) is 6.54 Å². The molecule has 23 heavy (non-hydrogen) atoms. The fourth-order valence-corrected chi connectivity index (χ4v) is 3.63. The van der Waals surface area contributed by atoms with E-state index in [1.165, 1.54) is 29.4 Å². The Morgan fingerprint density at radius 1 is 1.39 bits per heavy atom. The molecule has 1 atom stereocenters. The fraction of sp³-hybridized carbons (Fsp3) is 0.526. The van der Waals surface area contributed by atoms with Gasteiger partial charge in [0.1, 0.15) is 0 Å². The van der Waals surface area contributed by atoms with E-state index in [2.05, 4.69) is 29.4 Å². The minimum absolute atomic E-state index is 0.0176. The molecule has 3 rings (SSSR count). The zero-order valence-electron chi connectivity index (χ0n) is 13.8. The van der Waals surface area contributed by atoms with Crippen molar-refractivity contribution in [1.29, 1.82) is 0 Å². The van der Waals surface area contributed by atoms with Gasteiger partial charge in [0.05, 0.1) is 6.10 Å². The van der Waals surface area contributed by atoms with Crippen molar-refractivity contribution < 1.29 is 9.90 Å². The SMILES string of the molecule is Cc1cccc2c(CCC(=O)NCC(O)C3CCCC3)c[nH]c12. The van der Waals surface area contributed by atoms with E-state index in [0.717, 1.165) is 24.8 Å². The Hall–Kier alpha value is -1.81. The number of aromatic amines is 1. The molecule has 1 amide bonds. The molecule has 0 spiro atoms. The number of benzene rings is 1. The number of aromatic nitrogens is 1. The minimum Gasteiger partial charge on any atom is -0.391 e. The molecular weight excluding hydrogens is 288 g/mol. The molecule has 1 saturated carbocycles. The monoisotopic (exact) mass is 314 g/mol. The van der Waals surface area contributed by atoms with Crippen molar-refractivity contribution in [3.05, 3.63) is 35.5 Å². The third-order valence-corrected chi connectivity index (χ3v) is 5.08. The second-order valence-electron chi connectivity index (χ2n) is 6.73. The number of aliphatic hydroxyl groups is 1. The van der Waals surface area contributed by atoms with E-state index in [0.29, 0.717) is 18.9 Å². The Labute approximate surface area is 137 Å². The number of H-pyrrole nitrogens is 1. The van der Waals surface area contributed by atoms with Crippen LogP contribution in [-0.4, -0.2) is 28.6 Å². The first-order chi connectivity index (χ1) is 11.1. The quantitative estimate of drug-likeness (QED) is 0.767. The van der Waals surface area contributed by atoms with Crippen LogP contribution in [0.2, 0.25) is 0 Å². The molecule has 0 aliphatic heterocycles. The second-order valence-corrected chi connectivity index (χ2v) is 6.73. The molecule has 1 aliphatic carbocycles. The van der Waals surface area contributed by atoms with E-state index in [-0.39, 0.29) is 5.91 Å². The van der Waals surface area contributed by atoms with Crippen molar-refractivity contribution in [3.63, 3.8) is 0 Å². The lowest BCUT2D eigenvalue weighted by atomic mass is 10.0. The first-order valence-electron chi connectivity index (χ1n) is 8.65. The van der Waals surface area contributed by atoms with E-state index in [1.807, 2.05) is 12.3 Å². The highest BCUT2D eigenvalue weighted by Gasteiger charge is 2.23. The van der Waals surface area contributed by atoms with Gasteiger partial charge in [-0.2, -0.15) is 0 Å². The second kappa shape index (κ2) is 7.18. The van der Waals surface area contributed by atoms with Gasteiger partial charge in [-0.05, 0) is 43.2 Å². The van der Waals surface area contributed by atoms with Crippen LogP contribution in [0.3, 0.4) is 0 Å². The van der Waals surface area contributed by atoms with Gasteiger partial charge in [-0.25, -0.2) is 0 Å². The summed E-state index contributed by atoms with van der Waals surface area (Å²) in [6.07, 6.45) is 7.37. The molecular formula is C19H26N2O2. The topological polar surface area (TPSA) is 65.1 Å². The molecule has 0 radical (unpaired) electrons. The maximum absolute atomic E-state index is 12.0.